The van der Waals surface area contributed by atoms with Gasteiger partial charge in [0.2, 0.25) is 11.5 Å². The van der Waals surface area contributed by atoms with E-state index >= 15 is 0 Å². The first-order valence-corrected chi connectivity index (χ1v) is 9.86. The van der Waals surface area contributed by atoms with Crippen molar-refractivity contribution in [3.05, 3.63) is 64.7 Å². The first-order valence-electron chi connectivity index (χ1n) is 9.86. The zero-order valence-electron chi connectivity index (χ0n) is 16.0. The minimum atomic E-state index is -0.247. The molecule has 148 valence electrons. The molecule has 2 saturated heterocycles. The van der Waals surface area contributed by atoms with Crippen LogP contribution in [-0.2, 0) is 0 Å². The van der Waals surface area contributed by atoms with E-state index in [1.165, 1.54) is 6.07 Å². The molecule has 2 fully saturated rings. The molecule has 1 aromatic carbocycles. The Labute approximate surface area is 167 Å². The van der Waals surface area contributed by atoms with Crippen LogP contribution in [0.2, 0.25) is 0 Å². The maximum atomic E-state index is 13.0. The molecule has 0 bridgehead atoms. The van der Waals surface area contributed by atoms with Gasteiger partial charge in [-0.25, -0.2) is 9.97 Å². The van der Waals surface area contributed by atoms with Gasteiger partial charge >= 0.3 is 0 Å². The van der Waals surface area contributed by atoms with Crippen molar-refractivity contribution < 1.29 is 4.79 Å². The van der Waals surface area contributed by atoms with E-state index in [1.807, 2.05) is 35.2 Å². The van der Waals surface area contributed by atoms with Crippen LogP contribution >= 0.6 is 0 Å². The van der Waals surface area contributed by atoms with Gasteiger partial charge in [-0.1, -0.05) is 18.2 Å². The Morgan fingerprint density at radius 3 is 2.48 bits per heavy atom. The van der Waals surface area contributed by atoms with E-state index < -0.39 is 0 Å². The van der Waals surface area contributed by atoms with Crippen molar-refractivity contribution >= 4 is 22.8 Å². The smallest absolute Gasteiger partial charge is 0.254 e. The van der Waals surface area contributed by atoms with E-state index in [-0.39, 0.29) is 11.5 Å². The minimum Gasteiger partial charge on any atom is -0.338 e. The van der Waals surface area contributed by atoms with Crippen molar-refractivity contribution in [2.24, 2.45) is 0 Å². The van der Waals surface area contributed by atoms with Crippen LogP contribution in [0.3, 0.4) is 0 Å². The molecule has 0 aliphatic carbocycles. The molecule has 4 heterocycles. The molecule has 2 aliphatic heterocycles. The van der Waals surface area contributed by atoms with Crippen LogP contribution in [0.25, 0.3) is 10.9 Å². The molecule has 29 heavy (non-hydrogen) atoms. The highest BCUT2D eigenvalue weighted by molar-refractivity contribution is 6.06. The summed E-state index contributed by atoms with van der Waals surface area (Å²) in [5.41, 5.74) is 0.928. The number of nitrogens with one attached hydrogen (secondary N) is 1. The molecule has 0 unspecified atom stereocenters. The lowest BCUT2D eigenvalue weighted by atomic mass is 10.0. The van der Waals surface area contributed by atoms with Gasteiger partial charge < -0.3 is 14.8 Å². The minimum absolute atomic E-state index is 0.0696. The summed E-state index contributed by atoms with van der Waals surface area (Å²) in [6, 6.07) is 11.0. The largest absolute Gasteiger partial charge is 0.338 e. The molecule has 3 aromatic rings. The molecule has 0 saturated carbocycles. The van der Waals surface area contributed by atoms with Crippen molar-refractivity contribution in [3.63, 3.8) is 0 Å². The predicted molar refractivity (Wildman–Crippen MR) is 110 cm³/mol. The summed E-state index contributed by atoms with van der Waals surface area (Å²) in [5.74, 6) is 0.707. The van der Waals surface area contributed by atoms with E-state index in [0.717, 1.165) is 37.5 Å². The molecule has 1 N–H and O–H groups in total. The molecule has 5 rings (SSSR count). The number of hydrogen-bond donors (Lipinski definition) is 1. The lowest BCUT2D eigenvalue weighted by Crippen LogP contribution is -2.64. The summed E-state index contributed by atoms with van der Waals surface area (Å²) >= 11 is 0. The zero-order chi connectivity index (χ0) is 19.8. The first kappa shape index (κ1) is 17.8. The number of likely N-dealkylation sites (tertiary alicyclic amines) is 1. The number of anilines is 1. The van der Waals surface area contributed by atoms with Crippen molar-refractivity contribution in [2.75, 3.05) is 44.2 Å². The number of nitrogens with zero attached hydrogens (tertiary/aromatic N) is 5. The highest BCUT2D eigenvalue weighted by Gasteiger charge is 2.37. The van der Waals surface area contributed by atoms with Crippen LogP contribution in [-0.4, -0.2) is 76.0 Å². The number of hydrogen-bond acceptors (Lipinski definition) is 6. The van der Waals surface area contributed by atoms with Crippen LogP contribution in [0.15, 0.2) is 53.6 Å². The van der Waals surface area contributed by atoms with E-state index in [9.17, 15) is 9.59 Å². The van der Waals surface area contributed by atoms with Crippen LogP contribution < -0.4 is 10.5 Å². The fraction of sp³-hybridized carbons (Fsp3) is 0.333. The fourth-order valence-electron chi connectivity index (χ4n) is 4.15. The van der Waals surface area contributed by atoms with E-state index in [4.69, 9.17) is 0 Å². The first-order chi connectivity index (χ1) is 14.2. The van der Waals surface area contributed by atoms with Gasteiger partial charge in [-0.15, -0.1) is 0 Å². The fourth-order valence-corrected chi connectivity index (χ4v) is 4.15. The SMILES string of the molecule is O=C(c1cc(=O)[nH]c2ccccc12)N1CC(N2CCN(c3ncccn3)CC2)C1. The van der Waals surface area contributed by atoms with Crippen molar-refractivity contribution in [1.82, 2.24) is 24.8 Å². The maximum absolute atomic E-state index is 13.0. The van der Waals surface area contributed by atoms with Gasteiger partial charge in [0.05, 0.1) is 5.56 Å². The van der Waals surface area contributed by atoms with Crippen molar-refractivity contribution in [3.8, 4) is 0 Å². The Morgan fingerprint density at radius 2 is 1.72 bits per heavy atom. The highest BCUT2D eigenvalue weighted by atomic mass is 16.2. The lowest BCUT2D eigenvalue weighted by Gasteiger charge is -2.48. The Balaban J connectivity index is 1.22. The van der Waals surface area contributed by atoms with Crippen molar-refractivity contribution in [2.45, 2.75) is 6.04 Å². The number of pyridine rings is 1. The molecule has 0 atom stereocenters. The summed E-state index contributed by atoms with van der Waals surface area (Å²) in [6.45, 7) is 5.02. The molecule has 1 amide bonds. The monoisotopic (exact) mass is 390 g/mol. The predicted octanol–water partition coefficient (Wildman–Crippen LogP) is 0.965. The van der Waals surface area contributed by atoms with Gasteiger partial charge in [-0.05, 0) is 12.1 Å². The van der Waals surface area contributed by atoms with Crippen LogP contribution in [0.1, 0.15) is 10.4 Å². The number of fused-ring (bicyclic) bond motifs is 1. The van der Waals surface area contributed by atoms with E-state index in [2.05, 4.69) is 24.8 Å². The molecule has 0 spiro atoms. The number of benzene rings is 1. The van der Waals surface area contributed by atoms with Gasteiger partial charge in [0.1, 0.15) is 0 Å². The van der Waals surface area contributed by atoms with Gasteiger partial charge in [-0.3, -0.25) is 14.5 Å². The Hall–Kier alpha value is -3.26. The quantitative estimate of drug-likeness (QED) is 0.717. The summed E-state index contributed by atoms with van der Waals surface area (Å²) in [7, 11) is 0. The summed E-state index contributed by atoms with van der Waals surface area (Å²) in [5, 5.41) is 0.789. The van der Waals surface area contributed by atoms with Gasteiger partial charge in [0.15, 0.2) is 0 Å². The molecule has 8 nitrogen and oxygen atoms in total. The maximum Gasteiger partial charge on any atom is 0.254 e. The molecular weight excluding hydrogens is 368 g/mol. The number of aromatic amines is 1. The van der Waals surface area contributed by atoms with E-state index in [0.29, 0.717) is 30.2 Å². The molecular formula is C21H22N6O2. The number of para-hydroxylation sites is 1. The lowest BCUT2D eigenvalue weighted by molar-refractivity contribution is 0.0247. The van der Waals surface area contributed by atoms with Gasteiger partial charge in [0.25, 0.3) is 5.91 Å². The zero-order valence-corrected chi connectivity index (χ0v) is 16.0. The van der Waals surface area contributed by atoms with E-state index in [1.54, 1.807) is 12.4 Å². The number of amides is 1. The molecule has 2 aromatic heterocycles. The number of piperazine rings is 1. The van der Waals surface area contributed by atoms with Crippen LogP contribution in [0, 0.1) is 0 Å². The number of aromatic nitrogens is 3. The number of carbonyl (C=O) groups is 1. The number of H-pyrrole nitrogens is 1. The average Bonchev–Trinajstić information content (AvgIpc) is 2.73. The number of carbonyl (C=O) groups excluding carboxylic acids is 1. The molecule has 0 radical (unpaired) electrons. The molecule has 8 heteroatoms. The summed E-state index contributed by atoms with van der Waals surface area (Å²) in [6.07, 6.45) is 3.53. The average molecular weight is 390 g/mol. The second-order valence-corrected chi connectivity index (χ2v) is 7.53. The summed E-state index contributed by atoms with van der Waals surface area (Å²) < 4.78 is 0. The van der Waals surface area contributed by atoms with Crippen molar-refractivity contribution in [1.29, 1.82) is 0 Å². The van der Waals surface area contributed by atoms with Crippen LogP contribution in [0.5, 0.6) is 0 Å². The third-order valence-electron chi connectivity index (χ3n) is 5.80. The van der Waals surface area contributed by atoms with Crippen LogP contribution in [0.4, 0.5) is 5.95 Å². The third-order valence-corrected chi connectivity index (χ3v) is 5.80. The normalized spacial score (nSPS) is 18.1. The number of rotatable bonds is 3. The second kappa shape index (κ2) is 7.29. The third kappa shape index (κ3) is 3.36. The Morgan fingerprint density at radius 1 is 1.00 bits per heavy atom. The molecule has 2 aliphatic rings. The van der Waals surface area contributed by atoms with Gasteiger partial charge in [-0.2, -0.15) is 0 Å². The van der Waals surface area contributed by atoms with Gasteiger partial charge in [0, 0.05) is 74.7 Å². The topological polar surface area (TPSA) is 85.4 Å². The Bertz CT molecular complexity index is 1090. The standard InChI is InChI=1S/C21H22N6O2/c28-19-12-17(16-4-1-2-5-18(16)24-19)20(29)27-13-15(14-27)25-8-10-26(11-9-25)21-22-6-3-7-23-21/h1-7,12,15H,8-11,13-14H2,(H,24,28). The summed E-state index contributed by atoms with van der Waals surface area (Å²) in [4.78, 5) is 42.8. The second-order valence-electron chi connectivity index (χ2n) is 7.53. The highest BCUT2D eigenvalue weighted by Crippen LogP contribution is 2.23. The Kier molecular flexibility index (Phi) is 4.48.